The van der Waals surface area contributed by atoms with Crippen LogP contribution >= 0.6 is 0 Å². The molecule has 1 aromatic carbocycles. The summed E-state index contributed by atoms with van der Waals surface area (Å²) >= 11 is 0. The minimum Gasteiger partial charge on any atom is -0.480 e. The lowest BCUT2D eigenvalue weighted by Gasteiger charge is -2.31. The second-order valence-corrected chi connectivity index (χ2v) is 6.44. The third-order valence-corrected chi connectivity index (χ3v) is 3.99. The summed E-state index contributed by atoms with van der Waals surface area (Å²) in [5, 5.41) is 10.3. The molecule has 0 spiro atoms. The van der Waals surface area contributed by atoms with Crippen LogP contribution in [0, 0.1) is 5.92 Å². The van der Waals surface area contributed by atoms with Crippen LogP contribution in [0.5, 0.6) is 0 Å². The molecule has 1 saturated heterocycles. The van der Waals surface area contributed by atoms with Gasteiger partial charge in [0.15, 0.2) is 12.0 Å². The third-order valence-electron chi connectivity index (χ3n) is 3.99. The molecule has 26 heavy (non-hydrogen) atoms. The number of aromatic nitrogens is 1. The molecule has 1 aromatic heterocycles. The van der Waals surface area contributed by atoms with Crippen molar-refractivity contribution in [2.75, 3.05) is 0 Å². The summed E-state index contributed by atoms with van der Waals surface area (Å²) in [6, 6.07) is 6.34. The molecule has 1 aliphatic heterocycles. The van der Waals surface area contributed by atoms with Gasteiger partial charge in [-0.2, -0.15) is 0 Å². The molecule has 8 heteroatoms. The van der Waals surface area contributed by atoms with Crippen molar-refractivity contribution < 1.29 is 29.0 Å². The van der Waals surface area contributed by atoms with Gasteiger partial charge in [-0.15, -0.1) is 0 Å². The number of aliphatic imine (C=N–C) groups is 1. The molecule has 0 bridgehead atoms. The summed E-state index contributed by atoms with van der Waals surface area (Å²) in [6.07, 6.45) is 2.83. The number of aromatic amines is 1. The van der Waals surface area contributed by atoms with E-state index in [2.05, 4.69) is 9.98 Å². The monoisotopic (exact) mass is 358 g/mol. The number of nitrogens with one attached hydrogen (secondary N) is 1. The van der Waals surface area contributed by atoms with E-state index in [0.717, 1.165) is 22.7 Å². The number of hydrogen-bond acceptors (Lipinski definition) is 6. The van der Waals surface area contributed by atoms with Crippen LogP contribution < -0.4 is 0 Å². The molecule has 0 radical (unpaired) electrons. The van der Waals surface area contributed by atoms with Gasteiger partial charge in [0.2, 0.25) is 0 Å². The molecule has 1 atom stereocenters. The normalized spacial score (nSPS) is 18.7. The number of carbonyl (C=O) groups is 3. The van der Waals surface area contributed by atoms with E-state index in [4.69, 9.17) is 9.47 Å². The Balaban J connectivity index is 1.79. The Morgan fingerprint density at radius 2 is 1.96 bits per heavy atom. The van der Waals surface area contributed by atoms with Gasteiger partial charge in [-0.05, 0) is 11.6 Å². The Morgan fingerprint density at radius 3 is 2.62 bits per heavy atom. The fourth-order valence-electron chi connectivity index (χ4n) is 2.75. The molecule has 0 saturated carbocycles. The van der Waals surface area contributed by atoms with Crippen molar-refractivity contribution in [3.05, 3.63) is 36.0 Å². The molecule has 1 unspecified atom stereocenters. The summed E-state index contributed by atoms with van der Waals surface area (Å²) in [4.78, 5) is 42.4. The smallest absolute Gasteiger partial charge is 0.329 e. The van der Waals surface area contributed by atoms with Crippen LogP contribution in [0.4, 0.5) is 0 Å². The lowest BCUT2D eigenvalue weighted by Crippen LogP contribution is -2.47. The van der Waals surface area contributed by atoms with Crippen LogP contribution in [0.15, 0.2) is 35.5 Å². The number of H-pyrrole nitrogens is 1. The minimum absolute atomic E-state index is 0.109. The SMILES string of the molecule is CC1(C)OC(=O)C(C=NC(Cc2c[nH]c3ccccc23)C(=O)O)C(=O)O1. The summed E-state index contributed by atoms with van der Waals surface area (Å²) in [6.45, 7) is 2.88. The van der Waals surface area contributed by atoms with Gasteiger partial charge in [-0.1, -0.05) is 18.2 Å². The van der Waals surface area contributed by atoms with E-state index in [1.807, 2.05) is 24.3 Å². The Bertz CT molecular complexity index is 878. The number of hydrogen-bond donors (Lipinski definition) is 2. The van der Waals surface area contributed by atoms with Gasteiger partial charge in [-0.3, -0.25) is 14.6 Å². The van der Waals surface area contributed by atoms with Gasteiger partial charge in [-0.25, -0.2) is 4.79 Å². The number of carbonyl (C=O) groups excluding carboxylic acids is 2. The van der Waals surface area contributed by atoms with Crippen molar-refractivity contribution in [2.24, 2.45) is 10.9 Å². The number of benzene rings is 1. The molecule has 1 fully saturated rings. The highest BCUT2D eigenvalue weighted by Crippen LogP contribution is 2.23. The van der Waals surface area contributed by atoms with E-state index in [1.165, 1.54) is 13.8 Å². The van der Waals surface area contributed by atoms with E-state index in [9.17, 15) is 19.5 Å². The van der Waals surface area contributed by atoms with Gasteiger partial charge in [0.25, 0.3) is 5.79 Å². The second-order valence-electron chi connectivity index (χ2n) is 6.44. The third kappa shape index (κ3) is 3.58. The van der Waals surface area contributed by atoms with Gasteiger partial charge < -0.3 is 19.6 Å². The number of carboxylic acids is 1. The number of ether oxygens (including phenoxy) is 2. The summed E-state index contributed by atoms with van der Waals surface area (Å²) in [7, 11) is 0. The highest BCUT2D eigenvalue weighted by molar-refractivity contribution is 6.10. The van der Waals surface area contributed by atoms with Crippen molar-refractivity contribution >= 4 is 35.0 Å². The first kappa shape index (κ1) is 17.7. The van der Waals surface area contributed by atoms with Gasteiger partial charge in [0.05, 0.1) is 0 Å². The molecule has 1 aliphatic rings. The number of esters is 2. The van der Waals surface area contributed by atoms with Gasteiger partial charge in [0, 0.05) is 43.6 Å². The first-order valence-electron chi connectivity index (χ1n) is 8.03. The van der Waals surface area contributed by atoms with E-state index < -0.39 is 35.7 Å². The van der Waals surface area contributed by atoms with Crippen molar-refractivity contribution in [3.8, 4) is 0 Å². The number of nitrogens with zero attached hydrogens (tertiary/aromatic N) is 1. The van der Waals surface area contributed by atoms with Crippen LogP contribution in [-0.2, 0) is 30.3 Å². The molecule has 0 aliphatic carbocycles. The molecule has 2 aromatic rings. The Hall–Kier alpha value is -3.16. The zero-order valence-electron chi connectivity index (χ0n) is 14.3. The van der Waals surface area contributed by atoms with Crippen LogP contribution in [-0.4, -0.2) is 46.0 Å². The van der Waals surface area contributed by atoms with Gasteiger partial charge in [0.1, 0.15) is 0 Å². The predicted octanol–water partition coefficient (Wildman–Crippen LogP) is 1.69. The van der Waals surface area contributed by atoms with Crippen LogP contribution in [0.2, 0.25) is 0 Å². The van der Waals surface area contributed by atoms with Gasteiger partial charge >= 0.3 is 17.9 Å². The molecular weight excluding hydrogens is 340 g/mol. The molecular formula is C18H18N2O6. The fourth-order valence-corrected chi connectivity index (χ4v) is 2.75. The number of aliphatic carboxylic acids is 1. The van der Waals surface area contributed by atoms with Crippen LogP contribution in [0.3, 0.4) is 0 Å². The molecule has 0 amide bonds. The van der Waals surface area contributed by atoms with E-state index in [0.29, 0.717) is 0 Å². The van der Waals surface area contributed by atoms with Crippen LogP contribution in [0.25, 0.3) is 10.9 Å². The topological polar surface area (TPSA) is 118 Å². The summed E-state index contributed by atoms with van der Waals surface area (Å²) < 4.78 is 9.97. The Labute approximate surface area is 148 Å². The highest BCUT2D eigenvalue weighted by atomic mass is 16.7. The lowest BCUT2D eigenvalue weighted by molar-refractivity contribution is -0.235. The number of fused-ring (bicyclic) bond motifs is 1. The zero-order chi connectivity index (χ0) is 18.9. The number of rotatable bonds is 5. The maximum absolute atomic E-state index is 11.9. The largest absolute Gasteiger partial charge is 0.480 e. The lowest BCUT2D eigenvalue weighted by atomic mass is 10.0. The number of carboxylic acid groups (broad SMARTS) is 1. The molecule has 3 rings (SSSR count). The van der Waals surface area contributed by atoms with E-state index in [-0.39, 0.29) is 6.42 Å². The van der Waals surface area contributed by atoms with Crippen molar-refractivity contribution in [3.63, 3.8) is 0 Å². The second kappa shape index (κ2) is 6.62. The van der Waals surface area contributed by atoms with Crippen LogP contribution in [0.1, 0.15) is 19.4 Å². The van der Waals surface area contributed by atoms with E-state index >= 15 is 0 Å². The van der Waals surface area contributed by atoms with Crippen molar-refractivity contribution in [1.82, 2.24) is 4.98 Å². The maximum atomic E-state index is 11.9. The van der Waals surface area contributed by atoms with Crippen molar-refractivity contribution in [2.45, 2.75) is 32.1 Å². The first-order chi connectivity index (χ1) is 12.3. The first-order valence-corrected chi connectivity index (χ1v) is 8.03. The summed E-state index contributed by atoms with van der Waals surface area (Å²) in [5.74, 6) is -5.50. The minimum atomic E-state index is -1.37. The molecule has 2 heterocycles. The number of cyclic esters (lactones) is 2. The molecule has 2 N–H and O–H groups in total. The van der Waals surface area contributed by atoms with E-state index in [1.54, 1.807) is 6.20 Å². The number of para-hydroxylation sites is 1. The molecule has 136 valence electrons. The average molecular weight is 358 g/mol. The predicted molar refractivity (Wildman–Crippen MR) is 91.7 cm³/mol. The Morgan fingerprint density at radius 1 is 1.31 bits per heavy atom. The average Bonchev–Trinajstić information content (AvgIpc) is 2.95. The fraction of sp³-hybridized carbons (Fsp3) is 0.333. The maximum Gasteiger partial charge on any atom is 0.329 e. The standard InChI is InChI=1S/C18H18N2O6/c1-18(2)25-16(23)12(17(24)26-18)9-20-14(15(21)22)7-10-8-19-13-6-4-3-5-11(10)13/h3-6,8-9,12,14,19H,7H2,1-2H3,(H,21,22). The summed E-state index contributed by atoms with van der Waals surface area (Å²) in [5.41, 5.74) is 1.66. The quantitative estimate of drug-likeness (QED) is 0.477. The van der Waals surface area contributed by atoms with Crippen molar-refractivity contribution in [1.29, 1.82) is 0 Å². The Kier molecular flexibility index (Phi) is 4.50. The zero-order valence-corrected chi connectivity index (χ0v) is 14.3. The molecule has 8 nitrogen and oxygen atoms in total. The highest BCUT2D eigenvalue weighted by Gasteiger charge is 2.42.